The predicted octanol–water partition coefficient (Wildman–Crippen LogP) is 2.16. The zero-order chi connectivity index (χ0) is 14.9. The Balaban J connectivity index is 1.43. The van der Waals surface area contributed by atoms with Crippen molar-refractivity contribution in [3.8, 4) is 5.75 Å². The van der Waals surface area contributed by atoms with Gasteiger partial charge in [0.2, 0.25) is 5.91 Å². The molecule has 1 saturated heterocycles. The lowest BCUT2D eigenvalue weighted by Gasteiger charge is -2.47. The molecule has 1 heterocycles. The molecule has 1 aliphatic heterocycles. The van der Waals surface area contributed by atoms with E-state index in [-0.39, 0.29) is 5.91 Å². The Morgan fingerprint density at radius 2 is 2.05 bits per heavy atom. The van der Waals surface area contributed by atoms with Gasteiger partial charge in [-0.3, -0.25) is 4.79 Å². The second kappa shape index (κ2) is 5.89. The van der Waals surface area contributed by atoms with E-state index in [1.807, 2.05) is 31.2 Å². The average Bonchev–Trinajstić information content (AvgIpc) is 3.28. The van der Waals surface area contributed by atoms with Gasteiger partial charge in [-0.2, -0.15) is 0 Å². The molecule has 1 aromatic rings. The van der Waals surface area contributed by atoms with Crippen molar-refractivity contribution in [3.63, 3.8) is 0 Å². The monoisotopic (exact) mass is 307 g/mol. The number of rotatable bonds is 6. The molecule has 21 heavy (non-hydrogen) atoms. The molecule has 0 aromatic heterocycles. The van der Waals surface area contributed by atoms with Gasteiger partial charge >= 0.3 is 0 Å². The first kappa shape index (κ1) is 14.7. The highest BCUT2D eigenvalue weighted by Gasteiger charge is 2.53. The van der Waals surface area contributed by atoms with E-state index in [0.717, 1.165) is 23.5 Å². The van der Waals surface area contributed by atoms with Crippen LogP contribution in [0.3, 0.4) is 0 Å². The summed E-state index contributed by atoms with van der Waals surface area (Å²) in [7, 11) is 0. The van der Waals surface area contributed by atoms with E-state index < -0.39 is 5.60 Å². The maximum atomic E-state index is 12.1. The van der Waals surface area contributed by atoms with E-state index in [1.165, 1.54) is 11.8 Å². The van der Waals surface area contributed by atoms with Crippen molar-refractivity contribution in [3.05, 3.63) is 24.3 Å². The largest absolute Gasteiger partial charge is 0.494 e. The summed E-state index contributed by atoms with van der Waals surface area (Å²) in [5.74, 6) is 1.82. The molecule has 114 valence electrons. The van der Waals surface area contributed by atoms with Crippen LogP contribution < -0.4 is 4.74 Å². The summed E-state index contributed by atoms with van der Waals surface area (Å²) in [4.78, 5) is 14.9. The Bertz CT molecular complexity index is 507. The van der Waals surface area contributed by atoms with E-state index in [4.69, 9.17) is 4.74 Å². The zero-order valence-electron chi connectivity index (χ0n) is 12.2. The molecule has 3 rings (SSSR count). The first-order valence-electron chi connectivity index (χ1n) is 7.46. The molecular weight excluding hydrogens is 286 g/mol. The second-order valence-corrected chi connectivity index (χ2v) is 6.87. The molecule has 0 unspecified atom stereocenters. The van der Waals surface area contributed by atoms with Gasteiger partial charge < -0.3 is 14.7 Å². The Morgan fingerprint density at radius 3 is 2.62 bits per heavy atom. The summed E-state index contributed by atoms with van der Waals surface area (Å²) in [5, 5.41) is 10.2. The van der Waals surface area contributed by atoms with Crippen molar-refractivity contribution < 1.29 is 14.6 Å². The number of likely N-dealkylation sites (tertiary alicyclic amines) is 1. The zero-order valence-corrected chi connectivity index (χ0v) is 13.1. The van der Waals surface area contributed by atoms with Gasteiger partial charge in [-0.15, -0.1) is 11.8 Å². The first-order chi connectivity index (χ1) is 10.1. The highest BCUT2D eigenvalue weighted by Crippen LogP contribution is 2.44. The van der Waals surface area contributed by atoms with E-state index >= 15 is 0 Å². The highest BCUT2D eigenvalue weighted by atomic mass is 32.2. The molecule has 2 fully saturated rings. The Morgan fingerprint density at radius 1 is 1.38 bits per heavy atom. The van der Waals surface area contributed by atoms with Crippen LogP contribution in [-0.2, 0) is 4.79 Å². The van der Waals surface area contributed by atoms with E-state index in [2.05, 4.69) is 0 Å². The number of nitrogens with zero attached hydrogens (tertiary/aromatic N) is 1. The number of carbonyl (C=O) groups is 1. The third kappa shape index (κ3) is 3.35. The topological polar surface area (TPSA) is 49.8 Å². The van der Waals surface area contributed by atoms with Crippen molar-refractivity contribution in [1.82, 2.24) is 4.90 Å². The molecule has 1 saturated carbocycles. The lowest BCUT2D eigenvalue weighted by molar-refractivity contribution is -0.156. The summed E-state index contributed by atoms with van der Waals surface area (Å²) in [6.07, 6.45) is 2.22. The van der Waals surface area contributed by atoms with Gasteiger partial charge in [0.25, 0.3) is 0 Å². The maximum Gasteiger partial charge on any atom is 0.233 e. The summed E-state index contributed by atoms with van der Waals surface area (Å²) >= 11 is 1.53. The predicted molar refractivity (Wildman–Crippen MR) is 82.6 cm³/mol. The van der Waals surface area contributed by atoms with Crippen LogP contribution in [0.2, 0.25) is 0 Å². The average molecular weight is 307 g/mol. The van der Waals surface area contributed by atoms with Crippen LogP contribution in [0.25, 0.3) is 0 Å². The van der Waals surface area contributed by atoms with Crippen molar-refractivity contribution in [2.24, 2.45) is 5.92 Å². The van der Waals surface area contributed by atoms with E-state index in [1.54, 1.807) is 4.90 Å². The van der Waals surface area contributed by atoms with Gasteiger partial charge in [-0.25, -0.2) is 0 Å². The molecule has 1 aliphatic carbocycles. The number of β-amino-alcohol motifs (C(OH)–C–C–N with tert-alkyl or cyclic N) is 1. The van der Waals surface area contributed by atoms with Crippen molar-refractivity contribution >= 4 is 17.7 Å². The fraction of sp³-hybridized carbons (Fsp3) is 0.562. The number of hydrogen-bond acceptors (Lipinski definition) is 4. The van der Waals surface area contributed by atoms with Gasteiger partial charge in [0.15, 0.2) is 0 Å². The van der Waals surface area contributed by atoms with Crippen LogP contribution in [0, 0.1) is 5.92 Å². The fourth-order valence-electron chi connectivity index (χ4n) is 2.71. The number of ether oxygens (including phenoxy) is 1. The molecule has 0 radical (unpaired) electrons. The van der Waals surface area contributed by atoms with Crippen LogP contribution >= 0.6 is 11.8 Å². The molecule has 0 bridgehead atoms. The third-order valence-electron chi connectivity index (χ3n) is 4.12. The summed E-state index contributed by atoms with van der Waals surface area (Å²) in [6.45, 7) is 3.64. The molecule has 0 spiro atoms. The van der Waals surface area contributed by atoms with E-state index in [9.17, 15) is 9.90 Å². The van der Waals surface area contributed by atoms with Gasteiger partial charge in [0.05, 0.1) is 25.4 Å². The highest BCUT2D eigenvalue weighted by molar-refractivity contribution is 8.00. The lowest BCUT2D eigenvalue weighted by Crippen LogP contribution is -2.65. The van der Waals surface area contributed by atoms with Crippen LogP contribution in [0.15, 0.2) is 29.2 Å². The molecule has 1 N–H and O–H groups in total. The van der Waals surface area contributed by atoms with Gasteiger partial charge in [0.1, 0.15) is 11.4 Å². The van der Waals surface area contributed by atoms with Gasteiger partial charge in [0, 0.05) is 4.90 Å². The molecule has 4 nitrogen and oxygen atoms in total. The number of amides is 1. The lowest BCUT2D eigenvalue weighted by atomic mass is 9.89. The standard InChI is InChI=1S/C16H21NO3S/c1-2-20-13-5-7-14(8-6-13)21-9-15(18)17-10-16(19,11-17)12-3-4-12/h5-8,12,19H,2-4,9-11H2,1H3. The molecule has 0 atom stereocenters. The minimum Gasteiger partial charge on any atom is -0.494 e. The van der Waals surface area contributed by atoms with Crippen LogP contribution in [-0.4, -0.2) is 47.0 Å². The number of benzene rings is 1. The van der Waals surface area contributed by atoms with Crippen LogP contribution in [0.5, 0.6) is 5.75 Å². The first-order valence-corrected chi connectivity index (χ1v) is 8.45. The van der Waals surface area contributed by atoms with E-state index in [0.29, 0.717) is 31.4 Å². The Labute approximate surface area is 129 Å². The maximum absolute atomic E-state index is 12.1. The third-order valence-corrected chi connectivity index (χ3v) is 5.11. The van der Waals surface area contributed by atoms with Crippen molar-refractivity contribution in [1.29, 1.82) is 0 Å². The normalized spacial score (nSPS) is 20.0. The minimum absolute atomic E-state index is 0.110. The Kier molecular flexibility index (Phi) is 4.13. The summed E-state index contributed by atoms with van der Waals surface area (Å²) < 4.78 is 5.39. The molecule has 2 aliphatic rings. The van der Waals surface area contributed by atoms with Crippen LogP contribution in [0.1, 0.15) is 19.8 Å². The number of carbonyl (C=O) groups excluding carboxylic acids is 1. The van der Waals surface area contributed by atoms with Gasteiger partial charge in [-0.1, -0.05) is 0 Å². The molecule has 1 amide bonds. The SMILES string of the molecule is CCOc1ccc(SCC(=O)N2CC(O)(C3CC3)C2)cc1. The number of aliphatic hydroxyl groups is 1. The second-order valence-electron chi connectivity index (χ2n) is 5.82. The summed E-state index contributed by atoms with van der Waals surface area (Å²) in [5.41, 5.74) is -0.584. The summed E-state index contributed by atoms with van der Waals surface area (Å²) in [6, 6.07) is 7.79. The molecule has 5 heteroatoms. The Hall–Kier alpha value is -1.20. The molecule has 1 aromatic carbocycles. The van der Waals surface area contributed by atoms with Crippen molar-refractivity contribution in [2.75, 3.05) is 25.4 Å². The van der Waals surface area contributed by atoms with Gasteiger partial charge in [-0.05, 0) is 49.9 Å². The fourth-order valence-corrected chi connectivity index (χ4v) is 3.51. The minimum atomic E-state index is -0.584. The molecular formula is C16H21NO3S. The number of thioether (sulfide) groups is 1. The number of hydrogen-bond donors (Lipinski definition) is 1. The van der Waals surface area contributed by atoms with Crippen molar-refractivity contribution in [2.45, 2.75) is 30.3 Å². The quantitative estimate of drug-likeness (QED) is 0.818. The van der Waals surface area contributed by atoms with Crippen LogP contribution in [0.4, 0.5) is 0 Å². The smallest absolute Gasteiger partial charge is 0.233 e.